The third-order valence-electron chi connectivity index (χ3n) is 3.37. The molecule has 0 bridgehead atoms. The molecule has 0 saturated carbocycles. The quantitative estimate of drug-likeness (QED) is 0.671. The van der Waals surface area contributed by atoms with Crippen LogP contribution in [-0.2, 0) is 11.3 Å². The van der Waals surface area contributed by atoms with Crippen molar-refractivity contribution in [2.75, 3.05) is 6.54 Å². The van der Waals surface area contributed by atoms with Crippen LogP contribution in [0.3, 0.4) is 0 Å². The van der Waals surface area contributed by atoms with Crippen LogP contribution in [0.25, 0.3) is 0 Å². The van der Waals surface area contributed by atoms with Crippen LogP contribution in [0.2, 0.25) is 4.34 Å². The predicted octanol–water partition coefficient (Wildman–Crippen LogP) is 4.89. The number of rotatable bonds is 2. The maximum absolute atomic E-state index is 12.0. The standard InChI is InChI=1S/C14H11BrClNOS2/c1-2-13(18)17-6-9(14-10(15)3-4-19-14)8-5-12(16)20-11(8)7-17/h2-5,9H,1,6-7H2/t9-/m1/s1. The van der Waals surface area contributed by atoms with E-state index in [4.69, 9.17) is 11.6 Å². The molecule has 1 aliphatic heterocycles. The molecule has 3 heterocycles. The van der Waals surface area contributed by atoms with Crippen LogP contribution < -0.4 is 0 Å². The lowest BCUT2D eigenvalue weighted by Crippen LogP contribution is -2.36. The van der Waals surface area contributed by atoms with Gasteiger partial charge in [0.2, 0.25) is 5.91 Å². The van der Waals surface area contributed by atoms with E-state index in [1.54, 1.807) is 22.7 Å². The smallest absolute Gasteiger partial charge is 0.246 e. The fraction of sp³-hybridized carbons (Fsp3) is 0.214. The maximum Gasteiger partial charge on any atom is 0.246 e. The zero-order valence-electron chi connectivity index (χ0n) is 10.4. The van der Waals surface area contributed by atoms with Crippen molar-refractivity contribution in [3.63, 3.8) is 0 Å². The van der Waals surface area contributed by atoms with E-state index in [0.29, 0.717) is 13.1 Å². The molecule has 2 aromatic heterocycles. The summed E-state index contributed by atoms with van der Waals surface area (Å²) in [4.78, 5) is 16.2. The van der Waals surface area contributed by atoms with Crippen molar-refractivity contribution in [3.05, 3.63) is 54.3 Å². The number of carbonyl (C=O) groups excluding carboxylic acids is 1. The second-order valence-electron chi connectivity index (χ2n) is 4.54. The summed E-state index contributed by atoms with van der Waals surface area (Å²) in [5.74, 6) is 0.152. The van der Waals surface area contributed by atoms with Crippen molar-refractivity contribution >= 4 is 56.1 Å². The van der Waals surface area contributed by atoms with Crippen LogP contribution in [0, 0.1) is 0 Å². The fourth-order valence-corrected chi connectivity index (χ4v) is 5.58. The van der Waals surface area contributed by atoms with Crippen molar-refractivity contribution in [1.29, 1.82) is 0 Å². The highest BCUT2D eigenvalue weighted by Gasteiger charge is 2.31. The Hall–Kier alpha value is -0.620. The third-order valence-corrected chi connectivity index (χ3v) is 6.62. The number of hydrogen-bond donors (Lipinski definition) is 0. The second-order valence-corrected chi connectivity index (χ2v) is 8.11. The van der Waals surface area contributed by atoms with Gasteiger partial charge in [-0.15, -0.1) is 22.7 Å². The summed E-state index contributed by atoms with van der Waals surface area (Å²) in [6.45, 7) is 4.87. The van der Waals surface area contributed by atoms with Crippen LogP contribution in [0.4, 0.5) is 0 Å². The van der Waals surface area contributed by atoms with Crippen LogP contribution in [0.15, 0.2) is 34.6 Å². The third kappa shape index (κ3) is 2.48. The molecule has 20 heavy (non-hydrogen) atoms. The van der Waals surface area contributed by atoms with E-state index in [-0.39, 0.29) is 11.8 Å². The Bertz CT molecular complexity index is 679. The highest BCUT2D eigenvalue weighted by atomic mass is 79.9. The van der Waals surface area contributed by atoms with E-state index >= 15 is 0 Å². The van der Waals surface area contributed by atoms with Crippen LogP contribution in [0.5, 0.6) is 0 Å². The van der Waals surface area contributed by atoms with Crippen molar-refractivity contribution < 1.29 is 4.79 Å². The molecule has 0 spiro atoms. The summed E-state index contributed by atoms with van der Waals surface area (Å²) in [7, 11) is 0. The summed E-state index contributed by atoms with van der Waals surface area (Å²) in [5, 5.41) is 2.06. The number of thiophene rings is 2. The molecule has 104 valence electrons. The average molecular weight is 389 g/mol. The number of carbonyl (C=O) groups is 1. The molecule has 0 aromatic carbocycles. The first-order valence-corrected chi connectivity index (χ1v) is 8.89. The molecule has 0 unspecified atom stereocenters. The van der Waals surface area contributed by atoms with Crippen LogP contribution in [0.1, 0.15) is 21.2 Å². The number of nitrogens with zero attached hydrogens (tertiary/aromatic N) is 1. The molecule has 0 aliphatic carbocycles. The van der Waals surface area contributed by atoms with Gasteiger partial charge in [-0.2, -0.15) is 0 Å². The van der Waals surface area contributed by atoms with E-state index in [2.05, 4.69) is 27.9 Å². The van der Waals surface area contributed by atoms with Gasteiger partial charge in [-0.05, 0) is 45.1 Å². The maximum atomic E-state index is 12.0. The van der Waals surface area contributed by atoms with Gasteiger partial charge in [-0.25, -0.2) is 0 Å². The van der Waals surface area contributed by atoms with Crippen molar-refractivity contribution in [3.8, 4) is 0 Å². The molecule has 0 fully saturated rings. The van der Waals surface area contributed by atoms with Gasteiger partial charge < -0.3 is 4.90 Å². The first-order valence-electron chi connectivity index (χ1n) is 6.02. The Morgan fingerprint density at radius 1 is 1.60 bits per heavy atom. The Kier molecular flexibility index (Phi) is 4.04. The van der Waals surface area contributed by atoms with Gasteiger partial charge in [-0.3, -0.25) is 4.79 Å². The molecule has 6 heteroatoms. The van der Waals surface area contributed by atoms with E-state index in [1.165, 1.54) is 21.4 Å². The average Bonchev–Trinajstić information content (AvgIpc) is 3.01. The minimum atomic E-state index is -0.0298. The van der Waals surface area contributed by atoms with Gasteiger partial charge in [0, 0.05) is 26.7 Å². The minimum Gasteiger partial charge on any atom is -0.333 e. The van der Waals surface area contributed by atoms with Crippen LogP contribution in [-0.4, -0.2) is 17.4 Å². The Labute approximate surface area is 138 Å². The molecule has 3 rings (SSSR count). The normalized spacial score (nSPS) is 17.9. The number of fused-ring (bicyclic) bond motifs is 1. The molecule has 1 atom stereocenters. The zero-order chi connectivity index (χ0) is 14.3. The fourth-order valence-electron chi connectivity index (χ4n) is 2.46. The molecule has 2 nitrogen and oxygen atoms in total. The number of hydrogen-bond acceptors (Lipinski definition) is 3. The zero-order valence-corrected chi connectivity index (χ0v) is 14.4. The molecular weight excluding hydrogens is 378 g/mol. The highest BCUT2D eigenvalue weighted by Crippen LogP contribution is 2.43. The summed E-state index contributed by atoms with van der Waals surface area (Å²) < 4.78 is 1.87. The lowest BCUT2D eigenvalue weighted by Gasteiger charge is -2.32. The lowest BCUT2D eigenvalue weighted by atomic mass is 9.94. The molecule has 0 radical (unpaired) electrons. The van der Waals surface area contributed by atoms with E-state index in [0.717, 1.165) is 8.81 Å². The van der Waals surface area contributed by atoms with E-state index in [1.807, 2.05) is 17.0 Å². The second kappa shape index (κ2) is 5.64. The van der Waals surface area contributed by atoms with Gasteiger partial charge in [0.25, 0.3) is 0 Å². The van der Waals surface area contributed by atoms with Gasteiger partial charge in [0.05, 0.1) is 10.9 Å². The lowest BCUT2D eigenvalue weighted by molar-refractivity contribution is -0.127. The predicted molar refractivity (Wildman–Crippen MR) is 88.8 cm³/mol. The minimum absolute atomic E-state index is 0.0298. The molecular formula is C14H11BrClNOS2. The monoisotopic (exact) mass is 387 g/mol. The van der Waals surface area contributed by atoms with Gasteiger partial charge in [0.1, 0.15) is 0 Å². The van der Waals surface area contributed by atoms with Crippen molar-refractivity contribution in [2.45, 2.75) is 12.5 Å². The molecule has 2 aromatic rings. The topological polar surface area (TPSA) is 20.3 Å². The van der Waals surface area contributed by atoms with Crippen molar-refractivity contribution in [2.24, 2.45) is 0 Å². The first-order chi connectivity index (χ1) is 9.60. The molecule has 1 aliphatic rings. The van der Waals surface area contributed by atoms with Gasteiger partial charge >= 0.3 is 0 Å². The van der Waals surface area contributed by atoms with E-state index in [9.17, 15) is 4.79 Å². The molecule has 1 amide bonds. The summed E-state index contributed by atoms with van der Waals surface area (Å²) in [5.41, 5.74) is 1.25. The molecule has 0 saturated heterocycles. The summed E-state index contributed by atoms with van der Waals surface area (Å²) in [6.07, 6.45) is 1.38. The number of amides is 1. The first kappa shape index (κ1) is 14.3. The summed E-state index contributed by atoms with van der Waals surface area (Å²) >= 11 is 13.0. The Morgan fingerprint density at radius 2 is 2.40 bits per heavy atom. The molecule has 0 N–H and O–H groups in total. The largest absolute Gasteiger partial charge is 0.333 e. The van der Waals surface area contributed by atoms with E-state index < -0.39 is 0 Å². The Balaban J connectivity index is 2.06. The van der Waals surface area contributed by atoms with Crippen molar-refractivity contribution in [1.82, 2.24) is 4.90 Å². The van der Waals surface area contributed by atoms with Gasteiger partial charge in [0.15, 0.2) is 0 Å². The van der Waals surface area contributed by atoms with Crippen LogP contribution >= 0.6 is 50.2 Å². The highest BCUT2D eigenvalue weighted by molar-refractivity contribution is 9.10. The Morgan fingerprint density at radius 3 is 3.05 bits per heavy atom. The van der Waals surface area contributed by atoms with Gasteiger partial charge in [-0.1, -0.05) is 18.2 Å². The SMILES string of the molecule is C=CC(=O)N1Cc2sc(Cl)cc2[C@H](c2sccc2Br)C1. The number of halogens is 2. The summed E-state index contributed by atoms with van der Waals surface area (Å²) in [6, 6.07) is 4.08.